The van der Waals surface area contributed by atoms with Crippen molar-refractivity contribution in [2.45, 2.75) is 18.5 Å². The Morgan fingerprint density at radius 2 is 1.56 bits per heavy atom. The van der Waals surface area contributed by atoms with Gasteiger partial charge in [-0.3, -0.25) is 0 Å². The average molecular weight is 146 g/mol. The molecule has 0 radical (unpaired) electrons. The van der Waals surface area contributed by atoms with Crippen LogP contribution < -0.4 is 0 Å². The van der Waals surface area contributed by atoms with E-state index in [1.807, 2.05) is 0 Å². The summed E-state index contributed by atoms with van der Waals surface area (Å²) in [5, 5.41) is 0. The van der Waals surface area contributed by atoms with Gasteiger partial charge in [0.25, 0.3) is 5.92 Å². The first kappa shape index (κ1) is 6.77. The fraction of sp³-hybridized carbons (Fsp3) is 1.00. The standard InChI is InChI=1S/C4H3F5/c5-3(6)1-2(3)4(7,8)9/h2H,1H2. The van der Waals surface area contributed by atoms with E-state index in [1.165, 1.54) is 0 Å². The summed E-state index contributed by atoms with van der Waals surface area (Å²) in [7, 11) is 0. The highest BCUT2D eigenvalue weighted by atomic mass is 19.4. The predicted molar refractivity (Wildman–Crippen MR) is 19.1 cm³/mol. The Labute approximate surface area is 47.7 Å². The quantitative estimate of drug-likeness (QED) is 0.459. The van der Waals surface area contributed by atoms with Crippen LogP contribution in [-0.4, -0.2) is 12.1 Å². The number of hydrogen-bond donors (Lipinski definition) is 0. The summed E-state index contributed by atoms with van der Waals surface area (Å²) in [4.78, 5) is 0. The van der Waals surface area contributed by atoms with Gasteiger partial charge in [-0.05, 0) is 0 Å². The number of hydrogen-bond acceptors (Lipinski definition) is 0. The van der Waals surface area contributed by atoms with Crippen LogP contribution in [-0.2, 0) is 0 Å². The maximum absolute atomic E-state index is 11.6. The van der Waals surface area contributed by atoms with Crippen molar-refractivity contribution in [2.75, 3.05) is 0 Å². The Morgan fingerprint density at radius 1 is 1.22 bits per heavy atom. The predicted octanol–water partition coefficient (Wildman–Crippen LogP) is 2.20. The third-order valence-corrected chi connectivity index (χ3v) is 1.22. The molecule has 5 heteroatoms. The molecule has 9 heavy (non-hydrogen) atoms. The summed E-state index contributed by atoms with van der Waals surface area (Å²) in [5.74, 6) is -5.84. The molecule has 1 unspecified atom stereocenters. The monoisotopic (exact) mass is 146 g/mol. The van der Waals surface area contributed by atoms with Crippen molar-refractivity contribution < 1.29 is 22.0 Å². The van der Waals surface area contributed by atoms with Crippen LogP contribution in [0.15, 0.2) is 0 Å². The minimum atomic E-state index is -4.70. The number of alkyl halides is 5. The molecule has 1 aliphatic carbocycles. The van der Waals surface area contributed by atoms with E-state index >= 15 is 0 Å². The first-order valence-electron chi connectivity index (χ1n) is 2.28. The fourth-order valence-corrected chi connectivity index (χ4v) is 0.568. The minimum absolute atomic E-state index is 1.03. The fourth-order valence-electron chi connectivity index (χ4n) is 0.568. The van der Waals surface area contributed by atoms with Crippen LogP contribution in [0, 0.1) is 5.92 Å². The van der Waals surface area contributed by atoms with Crippen LogP contribution in [0.1, 0.15) is 6.42 Å². The topological polar surface area (TPSA) is 0 Å². The van der Waals surface area contributed by atoms with Gasteiger partial charge in [0.2, 0.25) is 0 Å². The zero-order valence-electron chi connectivity index (χ0n) is 4.17. The molecule has 0 aromatic rings. The number of halogens is 5. The van der Waals surface area contributed by atoms with Gasteiger partial charge in [-0.25, -0.2) is 8.78 Å². The Kier molecular flexibility index (Phi) is 1.04. The molecule has 0 heterocycles. The molecule has 0 spiro atoms. The van der Waals surface area contributed by atoms with Gasteiger partial charge in [-0.1, -0.05) is 0 Å². The zero-order valence-corrected chi connectivity index (χ0v) is 4.17. The van der Waals surface area contributed by atoms with Crippen molar-refractivity contribution in [3.63, 3.8) is 0 Å². The van der Waals surface area contributed by atoms with Crippen LogP contribution >= 0.6 is 0 Å². The highest BCUT2D eigenvalue weighted by Crippen LogP contribution is 2.56. The molecule has 1 rings (SSSR count). The van der Waals surface area contributed by atoms with Gasteiger partial charge in [0.15, 0.2) is 0 Å². The maximum Gasteiger partial charge on any atom is 0.397 e. The Bertz CT molecular complexity index is 123. The molecule has 0 aliphatic heterocycles. The molecule has 1 fully saturated rings. The van der Waals surface area contributed by atoms with E-state index in [2.05, 4.69) is 0 Å². The average Bonchev–Trinajstić information content (AvgIpc) is 2.10. The van der Waals surface area contributed by atoms with Crippen LogP contribution in [0.2, 0.25) is 0 Å². The zero-order chi connectivity index (χ0) is 7.28. The highest BCUT2D eigenvalue weighted by molar-refractivity contribution is 4.99. The van der Waals surface area contributed by atoms with Gasteiger partial charge in [-0.15, -0.1) is 0 Å². The van der Waals surface area contributed by atoms with Gasteiger partial charge in [0.05, 0.1) is 0 Å². The van der Waals surface area contributed by atoms with E-state index in [-0.39, 0.29) is 0 Å². The second-order valence-electron chi connectivity index (χ2n) is 2.06. The van der Waals surface area contributed by atoms with Gasteiger partial charge in [-0.2, -0.15) is 13.2 Å². The van der Waals surface area contributed by atoms with Crippen LogP contribution in [0.25, 0.3) is 0 Å². The third-order valence-electron chi connectivity index (χ3n) is 1.22. The largest absolute Gasteiger partial charge is 0.397 e. The molecule has 54 valence electrons. The van der Waals surface area contributed by atoms with Crippen molar-refractivity contribution in [3.8, 4) is 0 Å². The molecule has 0 aromatic heterocycles. The molecular formula is C4H3F5. The summed E-state index contributed by atoms with van der Waals surface area (Å²) in [6.45, 7) is 0. The van der Waals surface area contributed by atoms with E-state index in [4.69, 9.17) is 0 Å². The second kappa shape index (κ2) is 1.38. The van der Waals surface area contributed by atoms with Crippen molar-refractivity contribution in [1.82, 2.24) is 0 Å². The minimum Gasteiger partial charge on any atom is -0.206 e. The van der Waals surface area contributed by atoms with Gasteiger partial charge in [0.1, 0.15) is 5.92 Å². The van der Waals surface area contributed by atoms with Crippen molar-refractivity contribution >= 4 is 0 Å². The molecule has 1 aliphatic rings. The summed E-state index contributed by atoms with van der Waals surface area (Å²) in [6, 6.07) is 0. The normalized spacial score (nSPS) is 32.3. The third kappa shape index (κ3) is 1.14. The molecule has 0 saturated heterocycles. The lowest BCUT2D eigenvalue weighted by Gasteiger charge is -2.01. The summed E-state index contributed by atoms with van der Waals surface area (Å²) in [6.07, 6.45) is -5.74. The molecule has 1 saturated carbocycles. The Morgan fingerprint density at radius 3 is 1.56 bits per heavy atom. The first-order valence-corrected chi connectivity index (χ1v) is 2.28. The van der Waals surface area contributed by atoms with Gasteiger partial charge < -0.3 is 0 Å². The van der Waals surface area contributed by atoms with Crippen molar-refractivity contribution in [2.24, 2.45) is 5.92 Å². The Hall–Kier alpha value is -0.350. The molecule has 0 amide bonds. The molecule has 1 atom stereocenters. The van der Waals surface area contributed by atoms with E-state index < -0.39 is 24.4 Å². The van der Waals surface area contributed by atoms with Gasteiger partial charge >= 0.3 is 6.18 Å². The van der Waals surface area contributed by atoms with E-state index in [0.717, 1.165) is 0 Å². The lowest BCUT2D eigenvalue weighted by Crippen LogP contribution is -2.15. The van der Waals surface area contributed by atoms with Crippen molar-refractivity contribution in [1.29, 1.82) is 0 Å². The Balaban J connectivity index is 2.52. The van der Waals surface area contributed by atoms with Gasteiger partial charge in [0, 0.05) is 6.42 Å². The smallest absolute Gasteiger partial charge is 0.206 e. The van der Waals surface area contributed by atoms with E-state index in [0.29, 0.717) is 0 Å². The lowest BCUT2D eigenvalue weighted by atomic mass is 10.4. The molecule has 0 bridgehead atoms. The lowest BCUT2D eigenvalue weighted by molar-refractivity contribution is -0.167. The molecule has 0 aromatic carbocycles. The SMILES string of the molecule is FC(F)(F)C1CC1(F)F. The van der Waals surface area contributed by atoms with Crippen molar-refractivity contribution in [3.05, 3.63) is 0 Å². The number of rotatable bonds is 0. The summed E-state index contributed by atoms with van der Waals surface area (Å²) < 4.78 is 56.9. The summed E-state index contributed by atoms with van der Waals surface area (Å²) >= 11 is 0. The molecule has 0 N–H and O–H groups in total. The molecule has 0 nitrogen and oxygen atoms in total. The molecular weight excluding hydrogens is 143 g/mol. The van der Waals surface area contributed by atoms with Crippen LogP contribution in [0.5, 0.6) is 0 Å². The maximum atomic E-state index is 11.6. The van der Waals surface area contributed by atoms with Crippen LogP contribution in [0.3, 0.4) is 0 Å². The second-order valence-corrected chi connectivity index (χ2v) is 2.06. The summed E-state index contributed by atoms with van der Waals surface area (Å²) in [5.41, 5.74) is 0. The van der Waals surface area contributed by atoms with E-state index in [1.54, 1.807) is 0 Å². The van der Waals surface area contributed by atoms with E-state index in [9.17, 15) is 22.0 Å². The highest BCUT2D eigenvalue weighted by Gasteiger charge is 2.69. The first-order chi connectivity index (χ1) is 3.84. The van der Waals surface area contributed by atoms with Crippen LogP contribution in [0.4, 0.5) is 22.0 Å².